The number of anilines is 2. The van der Waals surface area contributed by atoms with Crippen molar-refractivity contribution in [2.24, 2.45) is 0 Å². The molecule has 0 radical (unpaired) electrons. The van der Waals surface area contributed by atoms with Crippen LogP contribution in [0.5, 0.6) is 0 Å². The van der Waals surface area contributed by atoms with E-state index in [4.69, 9.17) is 0 Å². The Morgan fingerprint density at radius 3 is 2.94 bits per heavy atom. The molecule has 2 heterocycles. The van der Waals surface area contributed by atoms with Gasteiger partial charge >= 0.3 is 0 Å². The van der Waals surface area contributed by atoms with Gasteiger partial charge in [-0.05, 0) is 30.7 Å². The van der Waals surface area contributed by atoms with Gasteiger partial charge in [-0.25, -0.2) is 0 Å². The molecule has 1 N–H and O–H groups in total. The summed E-state index contributed by atoms with van der Waals surface area (Å²) in [4.78, 5) is 24.9. The number of carbonyl (C=O) groups excluding carboxylic acids is 2. The highest BCUT2D eigenvalue weighted by Gasteiger charge is 2.35. The van der Waals surface area contributed by atoms with Crippen molar-refractivity contribution >= 4 is 23.2 Å². The van der Waals surface area contributed by atoms with Crippen LogP contribution in [0.15, 0.2) is 30.0 Å². The van der Waals surface area contributed by atoms with Crippen LogP contribution in [0.4, 0.5) is 11.4 Å². The maximum absolute atomic E-state index is 11.7. The fraction of sp³-hybridized carbons (Fsp3) is 0.167. The van der Waals surface area contributed by atoms with Crippen LogP contribution < -0.4 is 10.2 Å². The highest BCUT2D eigenvalue weighted by molar-refractivity contribution is 6.21. The van der Waals surface area contributed by atoms with E-state index in [1.807, 2.05) is 25.1 Å². The number of hydrogen-bond acceptors (Lipinski definition) is 2. The standard InChI is InChI=1S/C12H10N2O2/c1-7-2-3-9-8(6-7)13-12(16)10-4-5-11(15)14(9)10/h2-4,6H,5H2,1H3,(H,13,16). The van der Waals surface area contributed by atoms with Crippen LogP contribution in [0.1, 0.15) is 12.0 Å². The Hall–Kier alpha value is -2.10. The SMILES string of the molecule is Cc1ccc2c(c1)NC(=O)C1=CCC(=O)N12. The first kappa shape index (κ1) is 9.15. The van der Waals surface area contributed by atoms with Crippen LogP contribution in [0, 0.1) is 6.92 Å². The molecule has 0 saturated heterocycles. The molecule has 2 aliphatic heterocycles. The Labute approximate surface area is 92.6 Å². The monoisotopic (exact) mass is 214 g/mol. The summed E-state index contributed by atoms with van der Waals surface area (Å²) in [6.45, 7) is 1.95. The number of nitrogens with one attached hydrogen (secondary N) is 1. The molecule has 0 fully saturated rings. The molecule has 2 amide bonds. The Bertz CT molecular complexity index is 546. The molecule has 0 aromatic heterocycles. The summed E-state index contributed by atoms with van der Waals surface area (Å²) in [6.07, 6.45) is 1.97. The topological polar surface area (TPSA) is 49.4 Å². The zero-order chi connectivity index (χ0) is 11.3. The second-order valence-electron chi connectivity index (χ2n) is 4.00. The largest absolute Gasteiger partial charge is 0.319 e. The van der Waals surface area contributed by atoms with Crippen LogP contribution in [-0.2, 0) is 9.59 Å². The minimum Gasteiger partial charge on any atom is -0.319 e. The summed E-state index contributed by atoms with van der Waals surface area (Å²) in [5.74, 6) is -0.251. The van der Waals surface area contributed by atoms with Gasteiger partial charge in [-0.2, -0.15) is 0 Å². The number of hydrogen-bond donors (Lipinski definition) is 1. The first-order valence-electron chi connectivity index (χ1n) is 5.12. The van der Waals surface area contributed by atoms with Crippen LogP contribution in [0.2, 0.25) is 0 Å². The lowest BCUT2D eigenvalue weighted by Crippen LogP contribution is -2.36. The quantitative estimate of drug-likeness (QED) is 0.712. The molecule has 3 rings (SSSR count). The van der Waals surface area contributed by atoms with Gasteiger partial charge in [0.1, 0.15) is 5.70 Å². The zero-order valence-corrected chi connectivity index (χ0v) is 8.78. The summed E-state index contributed by atoms with van der Waals surface area (Å²) in [5.41, 5.74) is 2.97. The van der Waals surface area contributed by atoms with Crippen molar-refractivity contribution in [2.75, 3.05) is 10.2 Å². The number of nitrogens with zero attached hydrogens (tertiary/aromatic N) is 1. The molecule has 0 spiro atoms. The number of carbonyl (C=O) groups is 2. The Kier molecular flexibility index (Phi) is 1.68. The van der Waals surface area contributed by atoms with Crippen molar-refractivity contribution in [2.45, 2.75) is 13.3 Å². The third-order valence-corrected chi connectivity index (χ3v) is 2.83. The average Bonchev–Trinajstić information content (AvgIpc) is 2.61. The Balaban J connectivity index is 2.21. The smallest absolute Gasteiger partial charge is 0.272 e. The molecule has 1 aromatic carbocycles. The minimum atomic E-state index is -0.205. The van der Waals surface area contributed by atoms with Gasteiger partial charge in [0.05, 0.1) is 11.4 Å². The lowest BCUT2D eigenvalue weighted by atomic mass is 10.1. The number of aryl methyl sites for hydroxylation is 1. The maximum Gasteiger partial charge on any atom is 0.272 e. The summed E-state index contributed by atoms with van der Waals surface area (Å²) < 4.78 is 0. The molecule has 2 aliphatic rings. The van der Waals surface area contributed by atoms with Gasteiger partial charge in [-0.15, -0.1) is 0 Å². The van der Waals surface area contributed by atoms with E-state index in [1.54, 1.807) is 6.08 Å². The highest BCUT2D eigenvalue weighted by atomic mass is 16.2. The van der Waals surface area contributed by atoms with Crippen molar-refractivity contribution in [3.8, 4) is 0 Å². The van der Waals surface area contributed by atoms with Gasteiger partial charge in [0.25, 0.3) is 5.91 Å². The average molecular weight is 214 g/mol. The molecule has 4 heteroatoms. The minimum absolute atomic E-state index is 0.0463. The van der Waals surface area contributed by atoms with E-state index in [1.165, 1.54) is 4.90 Å². The number of benzene rings is 1. The fourth-order valence-electron chi connectivity index (χ4n) is 2.09. The van der Waals surface area contributed by atoms with E-state index in [2.05, 4.69) is 5.32 Å². The first-order chi connectivity index (χ1) is 7.66. The summed E-state index contributed by atoms with van der Waals surface area (Å²) in [6, 6.07) is 5.66. The van der Waals surface area contributed by atoms with Crippen molar-refractivity contribution in [3.05, 3.63) is 35.5 Å². The summed E-state index contributed by atoms with van der Waals surface area (Å²) in [7, 11) is 0. The third kappa shape index (κ3) is 1.10. The molecule has 0 unspecified atom stereocenters. The summed E-state index contributed by atoms with van der Waals surface area (Å²) >= 11 is 0. The van der Waals surface area contributed by atoms with Gasteiger partial charge in [-0.3, -0.25) is 14.5 Å². The predicted octanol–water partition coefficient (Wildman–Crippen LogP) is 1.57. The zero-order valence-electron chi connectivity index (χ0n) is 8.78. The van der Waals surface area contributed by atoms with Gasteiger partial charge in [-0.1, -0.05) is 6.07 Å². The van der Waals surface area contributed by atoms with E-state index in [-0.39, 0.29) is 11.8 Å². The molecular formula is C12H10N2O2. The number of rotatable bonds is 0. The highest BCUT2D eigenvalue weighted by Crippen LogP contribution is 2.37. The van der Waals surface area contributed by atoms with E-state index in [0.29, 0.717) is 17.8 Å². The van der Waals surface area contributed by atoms with Crippen LogP contribution in [-0.4, -0.2) is 11.8 Å². The maximum atomic E-state index is 11.7. The summed E-state index contributed by atoms with van der Waals surface area (Å²) in [5, 5.41) is 2.79. The van der Waals surface area contributed by atoms with Gasteiger partial charge in [0.2, 0.25) is 5.91 Å². The lowest BCUT2D eigenvalue weighted by molar-refractivity contribution is -0.118. The molecule has 16 heavy (non-hydrogen) atoms. The van der Waals surface area contributed by atoms with E-state index in [9.17, 15) is 9.59 Å². The van der Waals surface area contributed by atoms with Gasteiger partial charge < -0.3 is 5.32 Å². The van der Waals surface area contributed by atoms with Crippen molar-refractivity contribution < 1.29 is 9.59 Å². The van der Waals surface area contributed by atoms with E-state index < -0.39 is 0 Å². The third-order valence-electron chi connectivity index (χ3n) is 2.83. The van der Waals surface area contributed by atoms with Crippen molar-refractivity contribution in [3.63, 3.8) is 0 Å². The predicted molar refractivity (Wildman–Crippen MR) is 60.0 cm³/mol. The lowest BCUT2D eigenvalue weighted by Gasteiger charge is -2.28. The second kappa shape index (κ2) is 2.95. The molecule has 80 valence electrons. The molecule has 0 saturated carbocycles. The van der Waals surface area contributed by atoms with Crippen LogP contribution >= 0.6 is 0 Å². The number of amides is 2. The molecule has 0 atom stereocenters. The fourth-order valence-corrected chi connectivity index (χ4v) is 2.09. The number of fused-ring (bicyclic) bond motifs is 3. The van der Waals surface area contributed by atoms with E-state index in [0.717, 1.165) is 11.3 Å². The van der Waals surface area contributed by atoms with Crippen LogP contribution in [0.25, 0.3) is 0 Å². The van der Waals surface area contributed by atoms with Gasteiger partial charge in [0, 0.05) is 6.42 Å². The van der Waals surface area contributed by atoms with E-state index >= 15 is 0 Å². The van der Waals surface area contributed by atoms with Crippen LogP contribution in [0.3, 0.4) is 0 Å². The second-order valence-corrected chi connectivity index (χ2v) is 4.00. The molecular weight excluding hydrogens is 204 g/mol. The van der Waals surface area contributed by atoms with Crippen molar-refractivity contribution in [1.82, 2.24) is 0 Å². The van der Waals surface area contributed by atoms with Crippen molar-refractivity contribution in [1.29, 1.82) is 0 Å². The van der Waals surface area contributed by atoms with Gasteiger partial charge in [0.15, 0.2) is 0 Å². The molecule has 0 aliphatic carbocycles. The Morgan fingerprint density at radius 1 is 1.31 bits per heavy atom. The molecule has 4 nitrogen and oxygen atoms in total. The molecule has 0 bridgehead atoms. The Morgan fingerprint density at radius 2 is 2.12 bits per heavy atom. The first-order valence-corrected chi connectivity index (χ1v) is 5.12. The molecule has 1 aromatic rings. The normalized spacial score (nSPS) is 17.8.